The van der Waals surface area contributed by atoms with Crippen molar-refractivity contribution in [3.8, 4) is 0 Å². The fraction of sp³-hybridized carbons (Fsp3) is 0.385. The van der Waals surface area contributed by atoms with Crippen molar-refractivity contribution in [1.82, 2.24) is 0 Å². The summed E-state index contributed by atoms with van der Waals surface area (Å²) in [6, 6.07) is 4.14. The second-order valence-corrected chi connectivity index (χ2v) is 5.61. The number of carbonyl (C=O) groups is 1. The SMILES string of the molecule is CC[C@@]1(c2cc(C(N)=O)ccc2F)CCSC(N)=N1. The first-order chi connectivity index (χ1) is 8.98. The Morgan fingerprint density at radius 2 is 2.32 bits per heavy atom. The predicted molar refractivity (Wildman–Crippen MR) is 75.6 cm³/mol. The number of halogens is 1. The van der Waals surface area contributed by atoms with Crippen LogP contribution < -0.4 is 11.5 Å². The molecule has 1 heterocycles. The van der Waals surface area contributed by atoms with Crippen LogP contribution in [0.4, 0.5) is 4.39 Å². The Morgan fingerprint density at radius 3 is 2.89 bits per heavy atom. The van der Waals surface area contributed by atoms with Crippen LogP contribution in [-0.4, -0.2) is 16.8 Å². The fourth-order valence-electron chi connectivity index (χ4n) is 2.30. The number of aliphatic imine (C=N–C) groups is 1. The van der Waals surface area contributed by atoms with Crippen molar-refractivity contribution >= 4 is 22.8 Å². The molecule has 0 saturated heterocycles. The van der Waals surface area contributed by atoms with E-state index in [9.17, 15) is 9.18 Å². The molecule has 0 fully saturated rings. The molecule has 4 nitrogen and oxygen atoms in total. The zero-order valence-electron chi connectivity index (χ0n) is 10.6. The quantitative estimate of drug-likeness (QED) is 0.889. The third kappa shape index (κ3) is 2.58. The van der Waals surface area contributed by atoms with Gasteiger partial charge in [-0.2, -0.15) is 0 Å². The van der Waals surface area contributed by atoms with E-state index in [1.54, 1.807) is 0 Å². The summed E-state index contributed by atoms with van der Waals surface area (Å²) in [5, 5.41) is 0.456. The van der Waals surface area contributed by atoms with Gasteiger partial charge in [-0.3, -0.25) is 9.79 Å². The highest BCUT2D eigenvalue weighted by Gasteiger charge is 2.35. The number of nitrogens with two attached hydrogens (primary N) is 2. The molecule has 0 spiro atoms. The first-order valence-corrected chi connectivity index (χ1v) is 7.05. The monoisotopic (exact) mass is 281 g/mol. The van der Waals surface area contributed by atoms with E-state index in [1.165, 1.54) is 30.0 Å². The highest BCUT2D eigenvalue weighted by atomic mass is 32.2. The molecule has 19 heavy (non-hydrogen) atoms. The molecule has 1 aliphatic rings. The summed E-state index contributed by atoms with van der Waals surface area (Å²) in [6.07, 6.45) is 1.31. The summed E-state index contributed by atoms with van der Waals surface area (Å²) in [5.74, 6) is -0.173. The lowest BCUT2D eigenvalue weighted by Gasteiger charge is -2.33. The van der Waals surface area contributed by atoms with Gasteiger partial charge >= 0.3 is 0 Å². The molecule has 1 amide bonds. The number of hydrogen-bond acceptors (Lipinski definition) is 4. The maximum absolute atomic E-state index is 14.1. The van der Waals surface area contributed by atoms with Crippen LogP contribution in [0.3, 0.4) is 0 Å². The van der Waals surface area contributed by atoms with Gasteiger partial charge in [0.2, 0.25) is 5.91 Å². The Hall–Kier alpha value is -1.56. The molecule has 2 rings (SSSR count). The molecule has 6 heteroatoms. The van der Waals surface area contributed by atoms with Crippen LogP contribution >= 0.6 is 11.8 Å². The minimum Gasteiger partial charge on any atom is -0.379 e. The maximum atomic E-state index is 14.1. The van der Waals surface area contributed by atoms with Gasteiger partial charge in [-0.05, 0) is 31.0 Å². The number of hydrogen-bond donors (Lipinski definition) is 2. The average Bonchev–Trinajstić information content (AvgIpc) is 2.38. The lowest BCUT2D eigenvalue weighted by atomic mass is 9.84. The minimum atomic E-state index is -0.690. The molecule has 1 aromatic rings. The number of rotatable bonds is 3. The maximum Gasteiger partial charge on any atom is 0.248 e. The van der Waals surface area contributed by atoms with Gasteiger partial charge in [-0.15, -0.1) is 0 Å². The fourth-order valence-corrected chi connectivity index (χ4v) is 3.19. The van der Waals surface area contributed by atoms with E-state index in [1.807, 2.05) is 6.92 Å². The van der Waals surface area contributed by atoms with Gasteiger partial charge in [-0.25, -0.2) is 4.39 Å². The molecule has 0 radical (unpaired) electrons. The lowest BCUT2D eigenvalue weighted by molar-refractivity contribution is 0.1000. The van der Waals surface area contributed by atoms with E-state index in [-0.39, 0.29) is 11.4 Å². The molecule has 0 saturated carbocycles. The first kappa shape index (κ1) is 13.9. The van der Waals surface area contributed by atoms with Crippen LogP contribution in [0.5, 0.6) is 0 Å². The van der Waals surface area contributed by atoms with E-state index in [0.29, 0.717) is 23.6 Å². The molecule has 4 N–H and O–H groups in total. The molecule has 102 valence electrons. The predicted octanol–water partition coefficient (Wildman–Crippen LogP) is 1.98. The number of amidine groups is 1. The minimum absolute atomic E-state index is 0.288. The van der Waals surface area contributed by atoms with Crippen molar-refractivity contribution in [1.29, 1.82) is 0 Å². The van der Waals surface area contributed by atoms with Crippen molar-refractivity contribution in [2.75, 3.05) is 5.75 Å². The lowest BCUT2D eigenvalue weighted by Crippen LogP contribution is -2.32. The molecule has 1 atom stereocenters. The van der Waals surface area contributed by atoms with Crippen molar-refractivity contribution in [2.45, 2.75) is 25.3 Å². The summed E-state index contributed by atoms with van der Waals surface area (Å²) in [7, 11) is 0. The largest absolute Gasteiger partial charge is 0.379 e. The molecular weight excluding hydrogens is 265 g/mol. The van der Waals surface area contributed by atoms with E-state index >= 15 is 0 Å². The van der Waals surface area contributed by atoms with Crippen LogP contribution in [0.15, 0.2) is 23.2 Å². The smallest absolute Gasteiger partial charge is 0.248 e. The van der Waals surface area contributed by atoms with E-state index in [4.69, 9.17) is 11.5 Å². The van der Waals surface area contributed by atoms with Crippen molar-refractivity contribution < 1.29 is 9.18 Å². The first-order valence-electron chi connectivity index (χ1n) is 6.06. The molecule has 0 aromatic heterocycles. The van der Waals surface area contributed by atoms with Crippen molar-refractivity contribution in [3.05, 3.63) is 35.1 Å². The molecule has 0 unspecified atom stereocenters. The highest BCUT2D eigenvalue weighted by molar-refractivity contribution is 8.13. The molecule has 1 aromatic carbocycles. The summed E-state index contributed by atoms with van der Waals surface area (Å²) in [4.78, 5) is 15.7. The van der Waals surface area contributed by atoms with Crippen LogP contribution in [0.2, 0.25) is 0 Å². The Kier molecular flexibility index (Phi) is 3.80. The van der Waals surface area contributed by atoms with Gasteiger partial charge in [0.05, 0.1) is 5.54 Å². The van der Waals surface area contributed by atoms with Crippen LogP contribution in [0.1, 0.15) is 35.7 Å². The second-order valence-electron chi connectivity index (χ2n) is 4.49. The zero-order chi connectivity index (χ0) is 14.0. The molecule has 0 aliphatic carbocycles. The van der Waals surface area contributed by atoms with Gasteiger partial charge in [0.15, 0.2) is 5.17 Å². The highest BCUT2D eigenvalue weighted by Crippen LogP contribution is 2.39. The number of amides is 1. The van der Waals surface area contributed by atoms with Crippen LogP contribution in [0.25, 0.3) is 0 Å². The van der Waals surface area contributed by atoms with Gasteiger partial charge in [0.1, 0.15) is 5.82 Å². The summed E-state index contributed by atoms with van der Waals surface area (Å²) < 4.78 is 14.1. The van der Waals surface area contributed by atoms with Crippen molar-refractivity contribution in [2.24, 2.45) is 16.5 Å². The van der Waals surface area contributed by atoms with Gasteiger partial charge < -0.3 is 11.5 Å². The summed E-state index contributed by atoms with van der Waals surface area (Å²) in [6.45, 7) is 1.93. The number of thioether (sulfide) groups is 1. The summed E-state index contributed by atoms with van der Waals surface area (Å²) >= 11 is 1.46. The zero-order valence-corrected chi connectivity index (χ0v) is 11.5. The molecular formula is C13H16FN3OS. The number of nitrogens with zero attached hydrogens (tertiary/aromatic N) is 1. The molecule has 1 aliphatic heterocycles. The number of primary amides is 1. The van der Waals surface area contributed by atoms with Gasteiger partial charge in [-0.1, -0.05) is 18.7 Å². The van der Waals surface area contributed by atoms with Gasteiger partial charge in [0.25, 0.3) is 0 Å². The van der Waals surface area contributed by atoms with E-state index < -0.39 is 11.4 Å². The topological polar surface area (TPSA) is 81.5 Å². The van der Waals surface area contributed by atoms with Crippen LogP contribution in [0, 0.1) is 5.82 Å². The normalized spacial score (nSPS) is 22.9. The Bertz CT molecular complexity index is 547. The number of carbonyl (C=O) groups excluding carboxylic acids is 1. The van der Waals surface area contributed by atoms with Crippen LogP contribution in [-0.2, 0) is 5.54 Å². The van der Waals surface area contributed by atoms with E-state index in [2.05, 4.69) is 4.99 Å². The Balaban J connectivity index is 2.57. The molecule has 0 bridgehead atoms. The average molecular weight is 281 g/mol. The van der Waals surface area contributed by atoms with Crippen molar-refractivity contribution in [3.63, 3.8) is 0 Å². The standard InChI is InChI=1S/C13H16FN3OS/c1-2-13(5-6-19-12(16)17-13)9-7-8(11(15)18)3-4-10(9)14/h3-4,7H,2,5-6H2,1H3,(H2,15,18)(H2,16,17)/t13-/m0/s1. The van der Waals surface area contributed by atoms with Gasteiger partial charge in [0, 0.05) is 16.9 Å². The Labute approximate surface area is 115 Å². The third-order valence-electron chi connectivity index (χ3n) is 3.43. The Morgan fingerprint density at radius 1 is 1.58 bits per heavy atom. The number of benzene rings is 1. The second kappa shape index (κ2) is 5.21. The third-order valence-corrected chi connectivity index (χ3v) is 4.22. The summed E-state index contributed by atoms with van der Waals surface area (Å²) in [5.41, 5.74) is 11.0. The van der Waals surface area contributed by atoms with E-state index in [0.717, 1.165) is 5.75 Å².